The van der Waals surface area contributed by atoms with Crippen molar-refractivity contribution < 1.29 is 8.78 Å². The Hall–Kier alpha value is -1.42. The predicted octanol–water partition coefficient (Wildman–Crippen LogP) is 4.65. The van der Waals surface area contributed by atoms with Gasteiger partial charge < -0.3 is 5.32 Å². The monoisotopic (exact) mass is 311 g/mol. The summed E-state index contributed by atoms with van der Waals surface area (Å²) in [5, 5.41) is 3.16. The number of benzene rings is 2. The molecule has 0 aliphatic heterocycles. The normalized spacial score (nSPS) is 10.4. The molecule has 2 rings (SSSR count). The minimum atomic E-state index is -0.287. The highest BCUT2D eigenvalue weighted by Crippen LogP contribution is 2.22. The van der Waals surface area contributed by atoms with Gasteiger partial charge in [-0.1, -0.05) is 12.1 Å². The van der Waals surface area contributed by atoms with Crippen molar-refractivity contribution >= 4 is 21.6 Å². The zero-order valence-electron chi connectivity index (χ0n) is 9.81. The molecule has 0 saturated heterocycles. The fourth-order valence-corrected chi connectivity index (χ4v) is 2.11. The van der Waals surface area contributed by atoms with Crippen LogP contribution in [0.15, 0.2) is 40.9 Å². The molecule has 0 saturated carbocycles. The van der Waals surface area contributed by atoms with Crippen LogP contribution in [0, 0.1) is 18.6 Å². The van der Waals surface area contributed by atoms with Gasteiger partial charge in [0.2, 0.25) is 0 Å². The van der Waals surface area contributed by atoms with E-state index in [1.165, 1.54) is 18.2 Å². The van der Waals surface area contributed by atoms with Crippen molar-refractivity contribution in [3.63, 3.8) is 0 Å². The lowest BCUT2D eigenvalue weighted by molar-refractivity contribution is 0.618. The van der Waals surface area contributed by atoms with Gasteiger partial charge in [-0.2, -0.15) is 0 Å². The van der Waals surface area contributed by atoms with Gasteiger partial charge in [0.05, 0.1) is 4.47 Å². The third kappa shape index (κ3) is 2.88. The summed E-state index contributed by atoms with van der Waals surface area (Å²) in [5.41, 5.74) is 2.48. The molecule has 4 heteroatoms. The average molecular weight is 312 g/mol. The highest BCUT2D eigenvalue weighted by Gasteiger charge is 2.05. The maximum Gasteiger partial charge on any atom is 0.137 e. The SMILES string of the molecule is Cc1cc(F)ccc1NCc1cccc(F)c1Br. The first-order valence-corrected chi connectivity index (χ1v) is 6.30. The van der Waals surface area contributed by atoms with Crippen LogP contribution in [0.5, 0.6) is 0 Å². The summed E-state index contributed by atoms with van der Waals surface area (Å²) in [5.74, 6) is -0.546. The zero-order chi connectivity index (χ0) is 13.1. The minimum Gasteiger partial charge on any atom is -0.381 e. The molecule has 0 radical (unpaired) electrons. The smallest absolute Gasteiger partial charge is 0.137 e. The van der Waals surface area contributed by atoms with E-state index in [0.29, 0.717) is 11.0 Å². The van der Waals surface area contributed by atoms with Gasteiger partial charge in [-0.3, -0.25) is 0 Å². The Bertz CT molecular complexity index is 570. The molecule has 0 atom stereocenters. The van der Waals surface area contributed by atoms with Crippen LogP contribution in [-0.4, -0.2) is 0 Å². The molecule has 94 valence electrons. The summed E-state index contributed by atoms with van der Waals surface area (Å²) in [7, 11) is 0. The molecule has 1 N–H and O–H groups in total. The molecule has 0 heterocycles. The highest BCUT2D eigenvalue weighted by molar-refractivity contribution is 9.10. The second-order valence-electron chi connectivity index (χ2n) is 4.03. The second-order valence-corrected chi connectivity index (χ2v) is 4.82. The van der Waals surface area contributed by atoms with E-state index in [-0.39, 0.29) is 11.6 Å². The molecule has 0 fully saturated rings. The fourth-order valence-electron chi connectivity index (χ4n) is 1.70. The van der Waals surface area contributed by atoms with Crippen LogP contribution in [-0.2, 0) is 6.54 Å². The molecular weight excluding hydrogens is 300 g/mol. The first-order chi connectivity index (χ1) is 8.58. The van der Waals surface area contributed by atoms with E-state index < -0.39 is 0 Å². The average Bonchev–Trinajstić information content (AvgIpc) is 2.33. The molecule has 0 bridgehead atoms. The van der Waals surface area contributed by atoms with E-state index in [0.717, 1.165) is 16.8 Å². The maximum atomic E-state index is 13.3. The largest absolute Gasteiger partial charge is 0.381 e. The molecule has 2 aromatic carbocycles. The second kappa shape index (κ2) is 5.48. The Labute approximate surface area is 113 Å². The Morgan fingerprint density at radius 2 is 1.94 bits per heavy atom. The number of hydrogen-bond acceptors (Lipinski definition) is 1. The van der Waals surface area contributed by atoms with Crippen LogP contribution in [0.3, 0.4) is 0 Å². The third-order valence-electron chi connectivity index (χ3n) is 2.69. The number of aryl methyl sites for hydroxylation is 1. The Morgan fingerprint density at radius 3 is 2.67 bits per heavy atom. The molecule has 18 heavy (non-hydrogen) atoms. The Balaban J connectivity index is 2.14. The van der Waals surface area contributed by atoms with Crippen molar-refractivity contribution in [2.24, 2.45) is 0 Å². The molecular formula is C14H12BrF2N. The van der Waals surface area contributed by atoms with E-state index in [9.17, 15) is 8.78 Å². The molecule has 2 aromatic rings. The van der Waals surface area contributed by atoms with Crippen LogP contribution >= 0.6 is 15.9 Å². The molecule has 0 aromatic heterocycles. The van der Waals surface area contributed by atoms with Gasteiger partial charge >= 0.3 is 0 Å². The van der Waals surface area contributed by atoms with E-state index in [1.807, 2.05) is 13.0 Å². The van der Waals surface area contributed by atoms with Crippen molar-refractivity contribution in [2.75, 3.05) is 5.32 Å². The molecule has 0 unspecified atom stereocenters. The summed E-state index contributed by atoms with van der Waals surface area (Å²) in [4.78, 5) is 0. The standard InChI is InChI=1S/C14H12BrF2N/c1-9-7-11(16)5-6-13(9)18-8-10-3-2-4-12(17)14(10)15/h2-7,18H,8H2,1H3. The highest BCUT2D eigenvalue weighted by atomic mass is 79.9. The van der Waals surface area contributed by atoms with Crippen LogP contribution < -0.4 is 5.32 Å². The molecule has 1 nitrogen and oxygen atoms in total. The fraction of sp³-hybridized carbons (Fsp3) is 0.143. The van der Waals surface area contributed by atoms with Crippen molar-refractivity contribution in [1.82, 2.24) is 0 Å². The summed E-state index contributed by atoms with van der Waals surface area (Å²) in [6.07, 6.45) is 0. The van der Waals surface area contributed by atoms with Gasteiger partial charge in [-0.15, -0.1) is 0 Å². The van der Waals surface area contributed by atoms with Gasteiger partial charge in [0.15, 0.2) is 0 Å². The minimum absolute atomic E-state index is 0.259. The molecule has 0 aliphatic rings. The first kappa shape index (κ1) is 13.0. The lowest BCUT2D eigenvalue weighted by Gasteiger charge is -2.11. The van der Waals surface area contributed by atoms with Crippen molar-refractivity contribution in [3.8, 4) is 0 Å². The summed E-state index contributed by atoms with van der Waals surface area (Å²) in [6, 6.07) is 9.43. The van der Waals surface area contributed by atoms with Gasteiger partial charge in [-0.05, 0) is 58.2 Å². The van der Waals surface area contributed by atoms with Crippen LogP contribution in [0.4, 0.5) is 14.5 Å². The van der Waals surface area contributed by atoms with Gasteiger partial charge in [0.25, 0.3) is 0 Å². The number of anilines is 1. The van der Waals surface area contributed by atoms with Gasteiger partial charge in [0.1, 0.15) is 11.6 Å². The Kier molecular flexibility index (Phi) is 3.97. The van der Waals surface area contributed by atoms with Crippen molar-refractivity contribution in [3.05, 3.63) is 63.6 Å². The van der Waals surface area contributed by atoms with Crippen molar-refractivity contribution in [2.45, 2.75) is 13.5 Å². The molecule has 0 spiro atoms. The zero-order valence-corrected chi connectivity index (χ0v) is 11.4. The van der Waals surface area contributed by atoms with E-state index in [2.05, 4.69) is 21.2 Å². The van der Waals surface area contributed by atoms with Crippen LogP contribution in [0.2, 0.25) is 0 Å². The van der Waals surface area contributed by atoms with Crippen LogP contribution in [0.25, 0.3) is 0 Å². The molecule has 0 amide bonds. The van der Waals surface area contributed by atoms with E-state index in [1.54, 1.807) is 12.1 Å². The summed E-state index contributed by atoms with van der Waals surface area (Å²) >= 11 is 3.21. The Morgan fingerprint density at radius 1 is 1.17 bits per heavy atom. The van der Waals surface area contributed by atoms with Crippen LogP contribution in [0.1, 0.15) is 11.1 Å². The van der Waals surface area contributed by atoms with E-state index >= 15 is 0 Å². The lowest BCUT2D eigenvalue weighted by atomic mass is 10.1. The third-order valence-corrected chi connectivity index (χ3v) is 3.58. The lowest BCUT2D eigenvalue weighted by Crippen LogP contribution is -2.02. The topological polar surface area (TPSA) is 12.0 Å². The van der Waals surface area contributed by atoms with Gasteiger partial charge in [-0.25, -0.2) is 8.78 Å². The van der Waals surface area contributed by atoms with Gasteiger partial charge in [0, 0.05) is 12.2 Å². The number of hydrogen-bond donors (Lipinski definition) is 1. The first-order valence-electron chi connectivity index (χ1n) is 5.51. The molecule has 0 aliphatic carbocycles. The maximum absolute atomic E-state index is 13.3. The van der Waals surface area contributed by atoms with Crippen molar-refractivity contribution in [1.29, 1.82) is 0 Å². The number of rotatable bonds is 3. The van der Waals surface area contributed by atoms with E-state index in [4.69, 9.17) is 0 Å². The summed E-state index contributed by atoms with van der Waals surface area (Å²) < 4.78 is 26.7. The number of nitrogens with one attached hydrogen (secondary N) is 1. The number of halogens is 3. The predicted molar refractivity (Wildman–Crippen MR) is 72.6 cm³/mol. The quantitative estimate of drug-likeness (QED) is 0.870. The summed E-state index contributed by atoms with van der Waals surface area (Å²) in [6.45, 7) is 2.30.